The Kier molecular flexibility index (Phi) is 4.33. The van der Waals surface area contributed by atoms with Gasteiger partial charge in [-0.2, -0.15) is 0 Å². The second kappa shape index (κ2) is 5.32. The molecule has 1 fully saturated rings. The summed E-state index contributed by atoms with van der Waals surface area (Å²) in [6, 6.07) is -0.177. The summed E-state index contributed by atoms with van der Waals surface area (Å²) >= 11 is 0. The van der Waals surface area contributed by atoms with Crippen molar-refractivity contribution in [1.82, 2.24) is 10.2 Å². The fourth-order valence-electron chi connectivity index (χ4n) is 2.19. The lowest BCUT2D eigenvalue weighted by molar-refractivity contribution is -0.146. The van der Waals surface area contributed by atoms with Crippen molar-refractivity contribution < 1.29 is 9.59 Å². The normalized spacial score (nSPS) is 23.6. The average molecular weight is 226 g/mol. The number of carbonyl (C=O) groups is 2. The Bertz CT molecular complexity index is 276. The molecule has 0 spiro atoms. The van der Waals surface area contributed by atoms with Gasteiger partial charge in [-0.1, -0.05) is 20.8 Å². The number of nitrogens with one attached hydrogen (secondary N) is 1. The van der Waals surface area contributed by atoms with E-state index in [0.29, 0.717) is 12.3 Å². The van der Waals surface area contributed by atoms with Crippen LogP contribution in [0.25, 0.3) is 0 Å². The van der Waals surface area contributed by atoms with E-state index in [2.05, 4.69) is 19.2 Å². The second-order valence-electron chi connectivity index (χ2n) is 4.97. The van der Waals surface area contributed by atoms with Gasteiger partial charge in [0.15, 0.2) is 0 Å². The zero-order chi connectivity index (χ0) is 12.3. The van der Waals surface area contributed by atoms with E-state index in [4.69, 9.17) is 0 Å². The molecule has 2 unspecified atom stereocenters. The summed E-state index contributed by atoms with van der Waals surface area (Å²) in [4.78, 5) is 25.2. The fourth-order valence-corrected chi connectivity index (χ4v) is 2.19. The Balaban J connectivity index is 2.70. The quantitative estimate of drug-likeness (QED) is 0.782. The van der Waals surface area contributed by atoms with Crippen molar-refractivity contribution in [3.8, 4) is 0 Å². The molecule has 0 radical (unpaired) electrons. The monoisotopic (exact) mass is 226 g/mol. The Morgan fingerprint density at radius 2 is 2.00 bits per heavy atom. The number of hydrogen-bond acceptors (Lipinski definition) is 2. The Morgan fingerprint density at radius 1 is 1.38 bits per heavy atom. The van der Waals surface area contributed by atoms with Crippen molar-refractivity contribution in [3.63, 3.8) is 0 Å². The number of nitrogens with zero attached hydrogens (tertiary/aromatic N) is 1. The van der Waals surface area contributed by atoms with Gasteiger partial charge in [0.25, 0.3) is 0 Å². The molecule has 1 N–H and O–H groups in total. The molecule has 2 amide bonds. The van der Waals surface area contributed by atoms with Gasteiger partial charge in [-0.15, -0.1) is 0 Å². The minimum atomic E-state index is -0.323. The smallest absolute Gasteiger partial charge is 0.245 e. The highest BCUT2D eigenvalue weighted by Gasteiger charge is 2.33. The molecule has 92 valence electrons. The average Bonchev–Trinajstić information content (AvgIpc) is 2.19. The molecule has 0 aliphatic carbocycles. The summed E-state index contributed by atoms with van der Waals surface area (Å²) in [6.45, 7) is 8.40. The Morgan fingerprint density at radius 3 is 2.50 bits per heavy atom. The maximum Gasteiger partial charge on any atom is 0.245 e. The highest BCUT2D eigenvalue weighted by molar-refractivity contribution is 5.94. The third-order valence-corrected chi connectivity index (χ3v) is 2.98. The van der Waals surface area contributed by atoms with Gasteiger partial charge in [0.1, 0.15) is 6.04 Å². The zero-order valence-corrected chi connectivity index (χ0v) is 10.6. The van der Waals surface area contributed by atoms with Gasteiger partial charge in [-0.3, -0.25) is 9.59 Å². The number of carbonyl (C=O) groups excluding carboxylic acids is 2. The summed E-state index contributed by atoms with van der Waals surface area (Å²) in [5.41, 5.74) is 0. The predicted octanol–water partition coefficient (Wildman–Crippen LogP) is 1.16. The molecule has 4 heteroatoms. The minimum Gasteiger partial charge on any atom is -0.343 e. The summed E-state index contributed by atoms with van der Waals surface area (Å²) in [6.07, 6.45) is 1.60. The maximum absolute atomic E-state index is 12.0. The van der Waals surface area contributed by atoms with E-state index < -0.39 is 0 Å². The van der Waals surface area contributed by atoms with Crippen molar-refractivity contribution in [2.45, 2.75) is 52.6 Å². The van der Waals surface area contributed by atoms with E-state index >= 15 is 0 Å². The fraction of sp³-hybridized carbons (Fsp3) is 0.833. The second-order valence-corrected chi connectivity index (χ2v) is 4.97. The van der Waals surface area contributed by atoms with Crippen molar-refractivity contribution in [3.05, 3.63) is 0 Å². The SMILES string of the molecule is CCC1NC(=O)CN(C(C)CC(C)C)C1=O. The number of hydrogen-bond donors (Lipinski definition) is 1. The van der Waals surface area contributed by atoms with Crippen LogP contribution < -0.4 is 5.32 Å². The van der Waals surface area contributed by atoms with Crippen LogP contribution in [0.4, 0.5) is 0 Å². The lowest BCUT2D eigenvalue weighted by Gasteiger charge is -2.36. The molecular formula is C12H22N2O2. The van der Waals surface area contributed by atoms with E-state index in [0.717, 1.165) is 6.42 Å². The van der Waals surface area contributed by atoms with Crippen LogP contribution in [0.2, 0.25) is 0 Å². The van der Waals surface area contributed by atoms with Crippen molar-refractivity contribution in [2.75, 3.05) is 6.54 Å². The molecule has 2 atom stereocenters. The van der Waals surface area contributed by atoms with E-state index in [1.165, 1.54) is 0 Å². The lowest BCUT2D eigenvalue weighted by atomic mass is 10.0. The molecule has 1 rings (SSSR count). The molecule has 0 saturated carbocycles. The van der Waals surface area contributed by atoms with Crippen LogP contribution in [0, 0.1) is 5.92 Å². The van der Waals surface area contributed by atoms with Gasteiger partial charge in [0.05, 0.1) is 6.54 Å². The Hall–Kier alpha value is -1.06. The van der Waals surface area contributed by atoms with Crippen LogP contribution in [0.1, 0.15) is 40.5 Å². The van der Waals surface area contributed by atoms with Crippen molar-refractivity contribution >= 4 is 11.8 Å². The van der Waals surface area contributed by atoms with Gasteiger partial charge in [0, 0.05) is 6.04 Å². The first-order valence-electron chi connectivity index (χ1n) is 6.05. The largest absolute Gasteiger partial charge is 0.343 e. The van der Waals surface area contributed by atoms with Gasteiger partial charge in [-0.25, -0.2) is 0 Å². The highest BCUT2D eigenvalue weighted by atomic mass is 16.2. The molecular weight excluding hydrogens is 204 g/mol. The van der Waals surface area contributed by atoms with Crippen molar-refractivity contribution in [1.29, 1.82) is 0 Å². The maximum atomic E-state index is 12.0. The van der Waals surface area contributed by atoms with Crippen LogP contribution in [0.15, 0.2) is 0 Å². The standard InChI is InChI=1S/C12H22N2O2/c1-5-10-12(16)14(7-11(15)13-10)9(4)6-8(2)3/h8-10H,5-7H2,1-4H3,(H,13,15). The first-order chi connectivity index (χ1) is 7.45. The van der Waals surface area contributed by atoms with Gasteiger partial charge in [-0.05, 0) is 25.7 Å². The van der Waals surface area contributed by atoms with E-state index in [1.807, 2.05) is 13.8 Å². The Labute approximate surface area is 97.4 Å². The van der Waals surface area contributed by atoms with Crippen LogP contribution in [-0.2, 0) is 9.59 Å². The van der Waals surface area contributed by atoms with E-state index in [-0.39, 0.29) is 30.4 Å². The van der Waals surface area contributed by atoms with Gasteiger partial charge in [0.2, 0.25) is 11.8 Å². The van der Waals surface area contributed by atoms with E-state index in [9.17, 15) is 9.59 Å². The zero-order valence-electron chi connectivity index (χ0n) is 10.6. The third-order valence-electron chi connectivity index (χ3n) is 2.98. The summed E-state index contributed by atoms with van der Waals surface area (Å²) in [5, 5.41) is 2.72. The third kappa shape index (κ3) is 2.97. The topological polar surface area (TPSA) is 49.4 Å². The van der Waals surface area contributed by atoms with Crippen LogP contribution >= 0.6 is 0 Å². The summed E-state index contributed by atoms with van der Waals surface area (Å²) in [7, 11) is 0. The molecule has 0 aromatic carbocycles. The molecule has 1 heterocycles. The molecule has 1 saturated heterocycles. The summed E-state index contributed by atoms with van der Waals surface area (Å²) < 4.78 is 0. The number of piperazine rings is 1. The first kappa shape index (κ1) is 13.0. The molecule has 0 aromatic heterocycles. The van der Waals surface area contributed by atoms with Crippen LogP contribution in [0.3, 0.4) is 0 Å². The number of amides is 2. The molecule has 4 nitrogen and oxygen atoms in total. The minimum absolute atomic E-state index is 0.0398. The molecule has 16 heavy (non-hydrogen) atoms. The van der Waals surface area contributed by atoms with Gasteiger partial charge < -0.3 is 10.2 Å². The molecule has 0 bridgehead atoms. The van der Waals surface area contributed by atoms with Crippen molar-refractivity contribution in [2.24, 2.45) is 5.92 Å². The molecule has 1 aliphatic rings. The summed E-state index contributed by atoms with van der Waals surface area (Å²) in [5.74, 6) is 0.560. The number of rotatable bonds is 4. The molecule has 1 aliphatic heterocycles. The van der Waals surface area contributed by atoms with E-state index in [1.54, 1.807) is 4.90 Å². The van der Waals surface area contributed by atoms with Crippen LogP contribution in [-0.4, -0.2) is 35.3 Å². The highest BCUT2D eigenvalue weighted by Crippen LogP contribution is 2.15. The lowest BCUT2D eigenvalue weighted by Crippen LogP contribution is -2.60. The van der Waals surface area contributed by atoms with Crippen LogP contribution in [0.5, 0.6) is 0 Å². The van der Waals surface area contributed by atoms with Gasteiger partial charge >= 0.3 is 0 Å². The molecule has 0 aromatic rings. The first-order valence-corrected chi connectivity index (χ1v) is 6.05. The predicted molar refractivity (Wildman–Crippen MR) is 62.9 cm³/mol.